The molecule has 0 fully saturated rings. The Labute approximate surface area is 144 Å². The molecule has 0 N–H and O–H groups in total. The summed E-state index contributed by atoms with van der Waals surface area (Å²) in [4.78, 5) is 0.743. The molecule has 0 aliphatic rings. The van der Waals surface area contributed by atoms with E-state index in [2.05, 4.69) is 0 Å². The minimum Gasteiger partial charge on any atom is -0.493 e. The molecule has 0 aliphatic heterocycles. The monoisotopic (exact) mass is 363 g/mol. The van der Waals surface area contributed by atoms with Crippen LogP contribution in [0, 0.1) is 0 Å². The average Bonchev–Trinajstić information content (AvgIpc) is 2.51. The van der Waals surface area contributed by atoms with Crippen LogP contribution in [-0.2, 0) is 11.0 Å². The van der Waals surface area contributed by atoms with Gasteiger partial charge in [0.15, 0.2) is 11.5 Å². The Hall–Kier alpha value is -0.850. The van der Waals surface area contributed by atoms with Crippen molar-refractivity contribution >= 4 is 40.0 Å². The zero-order chi connectivity index (χ0) is 16.7. The van der Waals surface area contributed by atoms with Crippen molar-refractivity contribution < 1.29 is 13.7 Å². The van der Waals surface area contributed by atoms with Crippen molar-refractivity contribution in [2.24, 2.45) is 0 Å². The second-order valence-electron chi connectivity index (χ2n) is 4.42. The third-order valence-electron chi connectivity index (χ3n) is 2.76. The lowest BCUT2D eigenvalue weighted by Crippen LogP contribution is -2.20. The molecule has 4 nitrogen and oxygen atoms in total. The second kappa shape index (κ2) is 9.33. The predicted molar refractivity (Wildman–Crippen MR) is 97.4 cm³/mol. The van der Waals surface area contributed by atoms with Gasteiger partial charge in [0, 0.05) is 18.0 Å². The molecule has 0 saturated heterocycles. The first kappa shape index (κ1) is 19.2. The summed E-state index contributed by atoms with van der Waals surface area (Å²) in [6, 6.07) is 5.49. The second-order valence-corrected chi connectivity index (χ2v) is 8.24. The van der Waals surface area contributed by atoms with Gasteiger partial charge in [0.2, 0.25) is 0 Å². The number of ether oxygens (including phenoxy) is 2. The van der Waals surface area contributed by atoms with E-state index < -0.39 is 11.0 Å². The molecule has 124 valence electrons. The number of nitrogens with zero attached hydrogens (tertiary/aromatic N) is 1. The van der Waals surface area contributed by atoms with Crippen LogP contribution in [0.25, 0.3) is 0 Å². The molecule has 0 bridgehead atoms. The molecule has 0 aromatic heterocycles. The lowest BCUT2D eigenvalue weighted by Gasteiger charge is -2.20. The lowest BCUT2D eigenvalue weighted by atomic mass is 10.3. The third kappa shape index (κ3) is 5.41. The van der Waals surface area contributed by atoms with Crippen LogP contribution in [0.15, 0.2) is 28.5 Å². The molecule has 0 aliphatic carbocycles. The van der Waals surface area contributed by atoms with Crippen molar-refractivity contribution in [2.45, 2.75) is 25.5 Å². The SMILES string of the molecule is CCOc1ccc(N(C)S(=O)C(C)=CSC(C)Cl)cc1OC. The normalized spacial score (nSPS) is 14.4. The van der Waals surface area contributed by atoms with Gasteiger partial charge in [0.1, 0.15) is 11.0 Å². The smallest absolute Gasteiger partial charge is 0.162 e. The molecule has 0 radical (unpaired) electrons. The highest BCUT2D eigenvalue weighted by Crippen LogP contribution is 2.32. The predicted octanol–water partition coefficient (Wildman–Crippen LogP) is 4.37. The highest BCUT2D eigenvalue weighted by atomic mass is 35.5. The van der Waals surface area contributed by atoms with E-state index in [1.807, 2.05) is 44.4 Å². The molecule has 7 heteroatoms. The van der Waals surface area contributed by atoms with Crippen LogP contribution in [0.5, 0.6) is 11.5 Å². The minimum absolute atomic E-state index is 0.0529. The largest absolute Gasteiger partial charge is 0.493 e. The van der Waals surface area contributed by atoms with Crippen LogP contribution in [0.2, 0.25) is 0 Å². The first-order valence-electron chi connectivity index (χ1n) is 6.83. The maximum atomic E-state index is 12.5. The summed E-state index contributed by atoms with van der Waals surface area (Å²) >= 11 is 7.32. The summed E-state index contributed by atoms with van der Waals surface area (Å²) in [5.41, 5.74) is 0.787. The molecule has 0 heterocycles. The van der Waals surface area contributed by atoms with Crippen LogP contribution < -0.4 is 13.8 Å². The van der Waals surface area contributed by atoms with Crippen molar-refractivity contribution in [3.8, 4) is 11.5 Å². The fourth-order valence-electron chi connectivity index (χ4n) is 1.67. The van der Waals surface area contributed by atoms with E-state index in [9.17, 15) is 4.21 Å². The summed E-state index contributed by atoms with van der Waals surface area (Å²) in [6.07, 6.45) is 0. The van der Waals surface area contributed by atoms with Crippen molar-refractivity contribution in [2.75, 3.05) is 25.1 Å². The van der Waals surface area contributed by atoms with Gasteiger partial charge in [0.25, 0.3) is 0 Å². The number of anilines is 1. The molecule has 1 aromatic rings. The minimum atomic E-state index is -1.28. The highest BCUT2D eigenvalue weighted by molar-refractivity contribution is 8.04. The summed E-state index contributed by atoms with van der Waals surface area (Å²) in [6.45, 7) is 6.18. The van der Waals surface area contributed by atoms with Crippen molar-refractivity contribution in [3.05, 3.63) is 28.5 Å². The molecule has 0 spiro atoms. The van der Waals surface area contributed by atoms with Gasteiger partial charge in [-0.25, -0.2) is 4.21 Å². The van der Waals surface area contributed by atoms with Gasteiger partial charge >= 0.3 is 0 Å². The molecule has 2 atom stereocenters. The number of allylic oxidation sites excluding steroid dienone is 1. The van der Waals surface area contributed by atoms with Gasteiger partial charge in [-0.15, -0.1) is 23.4 Å². The van der Waals surface area contributed by atoms with Crippen LogP contribution in [0.4, 0.5) is 5.69 Å². The van der Waals surface area contributed by atoms with Crippen molar-refractivity contribution in [1.82, 2.24) is 0 Å². The summed E-state index contributed by atoms with van der Waals surface area (Å²) in [7, 11) is 2.08. The van der Waals surface area contributed by atoms with Crippen LogP contribution in [0.1, 0.15) is 20.8 Å². The van der Waals surface area contributed by atoms with Crippen LogP contribution in [-0.4, -0.2) is 29.7 Å². The number of thioether (sulfide) groups is 1. The Morgan fingerprint density at radius 3 is 2.73 bits per heavy atom. The summed E-state index contributed by atoms with van der Waals surface area (Å²) in [5, 5.41) is 1.83. The van der Waals surface area contributed by atoms with E-state index >= 15 is 0 Å². The molecule has 0 amide bonds. The van der Waals surface area contributed by atoms with Gasteiger partial charge < -0.3 is 9.47 Å². The quantitative estimate of drug-likeness (QED) is 0.643. The maximum absolute atomic E-state index is 12.5. The number of alkyl halides is 1. The number of methoxy groups -OCH3 is 1. The molecular weight excluding hydrogens is 342 g/mol. The Morgan fingerprint density at radius 1 is 1.50 bits per heavy atom. The van der Waals surface area contributed by atoms with Gasteiger partial charge in [-0.05, 0) is 38.3 Å². The Kier molecular flexibility index (Phi) is 8.14. The Bertz CT molecular complexity index is 550. The molecule has 22 heavy (non-hydrogen) atoms. The van der Waals surface area contributed by atoms with E-state index in [4.69, 9.17) is 21.1 Å². The van der Waals surface area contributed by atoms with Crippen LogP contribution in [0.3, 0.4) is 0 Å². The average molecular weight is 364 g/mol. The van der Waals surface area contributed by atoms with Gasteiger partial charge in [0.05, 0.1) is 24.1 Å². The summed E-state index contributed by atoms with van der Waals surface area (Å²) in [5.74, 6) is 1.29. The first-order valence-corrected chi connectivity index (χ1v) is 9.32. The number of halogens is 1. The lowest BCUT2D eigenvalue weighted by molar-refractivity contribution is 0.311. The molecule has 0 saturated carbocycles. The molecule has 1 rings (SSSR count). The molecular formula is C15H22ClNO3S2. The van der Waals surface area contributed by atoms with Gasteiger partial charge in [-0.3, -0.25) is 4.31 Å². The van der Waals surface area contributed by atoms with E-state index in [0.717, 1.165) is 10.6 Å². The number of hydrogen-bond acceptors (Lipinski definition) is 4. The van der Waals surface area contributed by atoms with Crippen LogP contribution >= 0.6 is 23.4 Å². The van der Waals surface area contributed by atoms with Gasteiger partial charge in [-0.1, -0.05) is 0 Å². The van der Waals surface area contributed by atoms with E-state index in [1.165, 1.54) is 11.8 Å². The van der Waals surface area contributed by atoms with E-state index in [-0.39, 0.29) is 4.71 Å². The van der Waals surface area contributed by atoms with E-state index in [0.29, 0.717) is 18.1 Å². The number of rotatable bonds is 8. The topological polar surface area (TPSA) is 38.8 Å². The van der Waals surface area contributed by atoms with Crippen molar-refractivity contribution in [3.63, 3.8) is 0 Å². The first-order chi connectivity index (χ1) is 10.4. The fourth-order valence-corrected chi connectivity index (χ4v) is 3.44. The Morgan fingerprint density at radius 2 is 2.18 bits per heavy atom. The fraction of sp³-hybridized carbons (Fsp3) is 0.467. The van der Waals surface area contributed by atoms with E-state index in [1.54, 1.807) is 18.5 Å². The molecule has 2 unspecified atom stereocenters. The van der Waals surface area contributed by atoms with Gasteiger partial charge in [-0.2, -0.15) is 0 Å². The Balaban J connectivity index is 2.95. The zero-order valence-corrected chi connectivity index (χ0v) is 15.8. The number of benzene rings is 1. The molecule has 1 aromatic carbocycles. The third-order valence-corrected chi connectivity index (χ3v) is 5.46. The maximum Gasteiger partial charge on any atom is 0.162 e. The highest BCUT2D eigenvalue weighted by Gasteiger charge is 2.14. The standard InChI is InChI=1S/C15H22ClNO3S2/c1-6-20-14-8-7-13(9-15(14)19-5)17(4)22(18)11(2)10-21-12(3)16/h7-10,12H,6H2,1-5H3. The number of hydrogen-bond donors (Lipinski definition) is 0. The zero-order valence-electron chi connectivity index (χ0n) is 13.5. The summed E-state index contributed by atoms with van der Waals surface area (Å²) < 4.78 is 24.9. The van der Waals surface area contributed by atoms with Crippen molar-refractivity contribution in [1.29, 1.82) is 0 Å².